The summed E-state index contributed by atoms with van der Waals surface area (Å²) in [6, 6.07) is 4.55. The largest absolute Gasteiger partial charge is 0.378 e. The van der Waals surface area contributed by atoms with E-state index in [0.717, 1.165) is 11.3 Å². The first-order valence-electron chi connectivity index (χ1n) is 5.99. The van der Waals surface area contributed by atoms with E-state index in [0.29, 0.717) is 11.0 Å². The Morgan fingerprint density at radius 1 is 1.50 bits per heavy atom. The van der Waals surface area contributed by atoms with Gasteiger partial charge in [0.1, 0.15) is 12.4 Å². The first-order chi connectivity index (χ1) is 9.58. The van der Waals surface area contributed by atoms with Crippen LogP contribution >= 0.6 is 15.9 Å². The molecule has 0 aliphatic rings. The van der Waals surface area contributed by atoms with E-state index in [-0.39, 0.29) is 18.3 Å². The molecule has 1 aromatic carbocycles. The number of nitrogens with zero attached hydrogens (tertiary/aromatic N) is 2. The summed E-state index contributed by atoms with van der Waals surface area (Å²) in [5, 5.41) is 9.77. The normalized spacial score (nSPS) is 10.3. The predicted molar refractivity (Wildman–Crippen MR) is 77.7 cm³/mol. The van der Waals surface area contributed by atoms with Gasteiger partial charge in [-0.15, -0.1) is 0 Å². The van der Waals surface area contributed by atoms with Gasteiger partial charge >= 0.3 is 0 Å². The highest BCUT2D eigenvalue weighted by Crippen LogP contribution is 2.19. The minimum absolute atomic E-state index is 0.110. The number of nitrogens with one attached hydrogen (secondary N) is 2. The molecule has 0 unspecified atom stereocenters. The average molecular weight is 341 g/mol. The van der Waals surface area contributed by atoms with Crippen molar-refractivity contribution < 1.29 is 9.18 Å². The maximum Gasteiger partial charge on any atom is 0.241 e. The molecular formula is C13H14BrFN4O. The van der Waals surface area contributed by atoms with E-state index in [1.54, 1.807) is 30.2 Å². The number of aromatic nitrogens is 2. The number of amides is 1. The van der Waals surface area contributed by atoms with Crippen molar-refractivity contribution in [2.75, 3.05) is 12.4 Å². The van der Waals surface area contributed by atoms with Crippen LogP contribution in [0.3, 0.4) is 0 Å². The van der Waals surface area contributed by atoms with Crippen molar-refractivity contribution in [2.45, 2.75) is 13.1 Å². The van der Waals surface area contributed by atoms with Gasteiger partial charge in [-0.25, -0.2) is 4.39 Å². The standard InChI is InChI=1S/C13H14BrFN4O/c1-16-13(20)8-19-7-11(6-18-19)17-5-9-2-3-10(15)4-12(9)14/h2-4,6-7,17H,5,8H2,1H3,(H,16,20). The Morgan fingerprint density at radius 2 is 2.30 bits per heavy atom. The van der Waals surface area contributed by atoms with E-state index in [2.05, 4.69) is 31.7 Å². The van der Waals surface area contributed by atoms with E-state index in [1.807, 2.05) is 0 Å². The van der Waals surface area contributed by atoms with Gasteiger partial charge in [0.25, 0.3) is 0 Å². The van der Waals surface area contributed by atoms with E-state index in [1.165, 1.54) is 12.1 Å². The Hall–Kier alpha value is -1.89. The van der Waals surface area contributed by atoms with Gasteiger partial charge in [-0.05, 0) is 17.7 Å². The van der Waals surface area contributed by atoms with Crippen LogP contribution < -0.4 is 10.6 Å². The van der Waals surface area contributed by atoms with Crippen LogP contribution in [0.2, 0.25) is 0 Å². The fourth-order valence-electron chi connectivity index (χ4n) is 1.63. The molecule has 1 amide bonds. The van der Waals surface area contributed by atoms with Crippen molar-refractivity contribution in [3.63, 3.8) is 0 Å². The van der Waals surface area contributed by atoms with Gasteiger partial charge < -0.3 is 10.6 Å². The highest BCUT2D eigenvalue weighted by molar-refractivity contribution is 9.10. The van der Waals surface area contributed by atoms with Gasteiger partial charge in [0.2, 0.25) is 5.91 Å². The van der Waals surface area contributed by atoms with E-state index in [4.69, 9.17) is 0 Å². The van der Waals surface area contributed by atoms with Gasteiger partial charge in [0.05, 0.1) is 11.9 Å². The molecule has 0 atom stereocenters. The monoisotopic (exact) mass is 340 g/mol. The van der Waals surface area contributed by atoms with E-state index < -0.39 is 0 Å². The van der Waals surface area contributed by atoms with Crippen LogP contribution in [0.5, 0.6) is 0 Å². The molecule has 106 valence electrons. The molecule has 1 heterocycles. The maximum absolute atomic E-state index is 13.0. The van der Waals surface area contributed by atoms with Crippen molar-refractivity contribution in [1.29, 1.82) is 0 Å². The molecule has 2 rings (SSSR count). The number of anilines is 1. The number of likely N-dealkylation sites (N-methyl/N-ethyl adjacent to an activating group) is 1. The lowest BCUT2D eigenvalue weighted by atomic mass is 10.2. The number of carbonyl (C=O) groups excluding carboxylic acids is 1. The third-order valence-corrected chi connectivity index (χ3v) is 3.45. The predicted octanol–water partition coefficient (Wildman–Crippen LogP) is 2.14. The summed E-state index contributed by atoms with van der Waals surface area (Å²) in [4.78, 5) is 11.2. The molecule has 0 saturated carbocycles. The molecule has 0 aliphatic carbocycles. The first kappa shape index (κ1) is 14.5. The van der Waals surface area contributed by atoms with E-state index >= 15 is 0 Å². The highest BCUT2D eigenvalue weighted by Gasteiger charge is 2.04. The molecule has 2 N–H and O–H groups in total. The Kier molecular flexibility index (Phi) is 4.73. The fraction of sp³-hybridized carbons (Fsp3) is 0.231. The Bertz CT molecular complexity index is 614. The molecule has 0 aliphatic heterocycles. The zero-order valence-electron chi connectivity index (χ0n) is 10.9. The average Bonchev–Trinajstić information content (AvgIpc) is 2.85. The minimum atomic E-state index is -0.279. The smallest absolute Gasteiger partial charge is 0.241 e. The molecule has 0 saturated heterocycles. The Balaban J connectivity index is 1.95. The number of hydrogen-bond donors (Lipinski definition) is 2. The Labute approximate surface area is 124 Å². The number of rotatable bonds is 5. The summed E-state index contributed by atoms with van der Waals surface area (Å²) in [5.41, 5.74) is 1.73. The van der Waals surface area contributed by atoms with Crippen LogP contribution in [0.1, 0.15) is 5.56 Å². The molecule has 2 aromatic rings. The topological polar surface area (TPSA) is 59.0 Å². The zero-order chi connectivity index (χ0) is 14.5. The van der Waals surface area contributed by atoms with Crippen LogP contribution in [0.25, 0.3) is 0 Å². The maximum atomic E-state index is 13.0. The van der Waals surface area contributed by atoms with Gasteiger partial charge in [0, 0.05) is 24.3 Å². The molecule has 1 aromatic heterocycles. The van der Waals surface area contributed by atoms with Crippen LogP contribution in [-0.4, -0.2) is 22.7 Å². The van der Waals surface area contributed by atoms with Crippen molar-refractivity contribution >= 4 is 27.5 Å². The lowest BCUT2D eigenvalue weighted by Gasteiger charge is -2.06. The minimum Gasteiger partial charge on any atom is -0.378 e. The molecule has 0 bridgehead atoms. The molecule has 5 nitrogen and oxygen atoms in total. The van der Waals surface area contributed by atoms with Crippen molar-refractivity contribution in [3.05, 3.63) is 46.4 Å². The summed E-state index contributed by atoms with van der Waals surface area (Å²) in [6.45, 7) is 0.713. The molecule has 0 fully saturated rings. The molecular weight excluding hydrogens is 327 g/mol. The molecule has 7 heteroatoms. The SMILES string of the molecule is CNC(=O)Cn1cc(NCc2ccc(F)cc2Br)cn1. The van der Waals surface area contributed by atoms with Gasteiger partial charge in [0.15, 0.2) is 0 Å². The number of carbonyl (C=O) groups is 1. The number of hydrogen-bond acceptors (Lipinski definition) is 3. The third kappa shape index (κ3) is 3.80. The van der Waals surface area contributed by atoms with Crippen LogP contribution in [0, 0.1) is 5.82 Å². The summed E-state index contributed by atoms with van der Waals surface area (Å²) in [6.07, 6.45) is 3.38. The zero-order valence-corrected chi connectivity index (χ0v) is 12.4. The lowest BCUT2D eigenvalue weighted by molar-refractivity contribution is -0.121. The van der Waals surface area contributed by atoms with Crippen molar-refractivity contribution in [1.82, 2.24) is 15.1 Å². The van der Waals surface area contributed by atoms with Gasteiger partial charge in [-0.1, -0.05) is 22.0 Å². The van der Waals surface area contributed by atoms with Crippen LogP contribution in [0.15, 0.2) is 35.1 Å². The van der Waals surface area contributed by atoms with Crippen LogP contribution in [0.4, 0.5) is 10.1 Å². The van der Waals surface area contributed by atoms with Gasteiger partial charge in [-0.3, -0.25) is 9.48 Å². The van der Waals surface area contributed by atoms with Crippen molar-refractivity contribution in [3.8, 4) is 0 Å². The summed E-state index contributed by atoms with van der Waals surface area (Å²) in [5.74, 6) is -0.389. The summed E-state index contributed by atoms with van der Waals surface area (Å²) >= 11 is 3.31. The second-order valence-corrected chi connectivity index (χ2v) is 5.04. The first-order valence-corrected chi connectivity index (χ1v) is 6.78. The molecule has 20 heavy (non-hydrogen) atoms. The quantitative estimate of drug-likeness (QED) is 0.876. The molecule has 0 spiro atoms. The number of benzene rings is 1. The third-order valence-electron chi connectivity index (χ3n) is 2.72. The number of halogens is 2. The lowest BCUT2D eigenvalue weighted by Crippen LogP contribution is -2.23. The highest BCUT2D eigenvalue weighted by atomic mass is 79.9. The van der Waals surface area contributed by atoms with Gasteiger partial charge in [-0.2, -0.15) is 5.10 Å². The summed E-state index contributed by atoms with van der Waals surface area (Å²) < 4.78 is 15.2. The van der Waals surface area contributed by atoms with Crippen molar-refractivity contribution in [2.24, 2.45) is 0 Å². The fourth-order valence-corrected chi connectivity index (χ4v) is 2.12. The van der Waals surface area contributed by atoms with E-state index in [9.17, 15) is 9.18 Å². The second kappa shape index (κ2) is 6.51. The Morgan fingerprint density at radius 3 is 3.00 bits per heavy atom. The molecule has 0 radical (unpaired) electrons. The summed E-state index contributed by atoms with van der Waals surface area (Å²) in [7, 11) is 1.58. The van der Waals surface area contributed by atoms with Crippen LogP contribution in [-0.2, 0) is 17.9 Å². The second-order valence-electron chi connectivity index (χ2n) is 4.19.